The number of hydrogen-bond donors (Lipinski definition) is 1. The van der Waals surface area contributed by atoms with Crippen LogP contribution in [0.3, 0.4) is 0 Å². The molecule has 1 N–H and O–H groups in total. The summed E-state index contributed by atoms with van der Waals surface area (Å²) in [5, 5.41) is 12.4. The number of pyridine rings is 1. The van der Waals surface area contributed by atoms with Gasteiger partial charge in [0.1, 0.15) is 11.2 Å². The molecule has 0 atom stereocenters. The third-order valence-electron chi connectivity index (χ3n) is 4.33. The van der Waals surface area contributed by atoms with Crippen molar-refractivity contribution in [1.82, 2.24) is 10.3 Å². The lowest BCUT2D eigenvalue weighted by Crippen LogP contribution is -2.50. The van der Waals surface area contributed by atoms with Crippen LogP contribution in [0, 0.1) is 24.2 Å². The van der Waals surface area contributed by atoms with Crippen molar-refractivity contribution in [2.45, 2.75) is 51.5 Å². The molecular formula is C16H21N3O. The summed E-state index contributed by atoms with van der Waals surface area (Å²) in [7, 11) is 0. The van der Waals surface area contributed by atoms with Crippen molar-refractivity contribution in [2.75, 3.05) is 0 Å². The van der Waals surface area contributed by atoms with E-state index in [2.05, 4.69) is 23.3 Å². The van der Waals surface area contributed by atoms with Crippen molar-refractivity contribution >= 4 is 5.91 Å². The van der Waals surface area contributed by atoms with E-state index in [1.807, 2.05) is 13.0 Å². The first-order chi connectivity index (χ1) is 9.60. The molecule has 1 heterocycles. The summed E-state index contributed by atoms with van der Waals surface area (Å²) < 4.78 is 0. The monoisotopic (exact) mass is 271 g/mol. The van der Waals surface area contributed by atoms with Crippen LogP contribution in [-0.2, 0) is 0 Å². The molecule has 0 aromatic carbocycles. The number of hydrogen-bond acceptors (Lipinski definition) is 3. The third kappa shape index (κ3) is 2.98. The van der Waals surface area contributed by atoms with E-state index >= 15 is 0 Å². The number of aryl methyl sites for hydroxylation is 1. The summed E-state index contributed by atoms with van der Waals surface area (Å²) in [5.41, 5.74) is 0.535. The smallest absolute Gasteiger partial charge is 0.271 e. The van der Waals surface area contributed by atoms with E-state index in [1.54, 1.807) is 12.3 Å². The Morgan fingerprint density at radius 3 is 2.80 bits per heavy atom. The minimum absolute atomic E-state index is 0.236. The van der Waals surface area contributed by atoms with Crippen LogP contribution >= 0.6 is 0 Å². The molecule has 1 fully saturated rings. The molecule has 4 heteroatoms. The van der Waals surface area contributed by atoms with Crippen LogP contribution in [0.4, 0.5) is 0 Å². The van der Waals surface area contributed by atoms with Gasteiger partial charge < -0.3 is 5.32 Å². The lowest BCUT2D eigenvalue weighted by atomic mass is 9.76. The second-order valence-electron chi connectivity index (χ2n) is 5.67. The van der Waals surface area contributed by atoms with Gasteiger partial charge in [-0.2, -0.15) is 5.26 Å². The highest BCUT2D eigenvalue weighted by Gasteiger charge is 2.36. The molecular weight excluding hydrogens is 250 g/mol. The van der Waals surface area contributed by atoms with E-state index in [0.29, 0.717) is 11.6 Å². The predicted molar refractivity (Wildman–Crippen MR) is 77.0 cm³/mol. The molecule has 1 aliphatic rings. The highest BCUT2D eigenvalue weighted by molar-refractivity contribution is 5.94. The summed E-state index contributed by atoms with van der Waals surface area (Å²) in [6.07, 6.45) is 6.24. The van der Waals surface area contributed by atoms with Gasteiger partial charge in [-0.05, 0) is 50.2 Å². The Balaban J connectivity index is 2.10. The second kappa shape index (κ2) is 6.04. The van der Waals surface area contributed by atoms with Crippen LogP contribution in [0.2, 0.25) is 0 Å². The minimum atomic E-state index is -0.716. The Morgan fingerprint density at radius 2 is 2.25 bits per heavy atom. The molecule has 1 aliphatic carbocycles. The Bertz CT molecular complexity index is 525. The average Bonchev–Trinajstić information content (AvgIpc) is 2.48. The van der Waals surface area contributed by atoms with Gasteiger partial charge in [-0.3, -0.25) is 9.78 Å². The van der Waals surface area contributed by atoms with E-state index in [9.17, 15) is 10.1 Å². The first kappa shape index (κ1) is 14.5. The topological polar surface area (TPSA) is 65.8 Å². The van der Waals surface area contributed by atoms with Gasteiger partial charge in [-0.1, -0.05) is 19.4 Å². The fraction of sp³-hybridized carbons (Fsp3) is 0.562. The zero-order valence-electron chi connectivity index (χ0n) is 12.1. The lowest BCUT2D eigenvalue weighted by molar-refractivity contribution is 0.0885. The molecule has 0 spiro atoms. The van der Waals surface area contributed by atoms with Crippen molar-refractivity contribution < 1.29 is 4.79 Å². The minimum Gasteiger partial charge on any atom is -0.332 e. The molecule has 0 bridgehead atoms. The summed E-state index contributed by atoms with van der Waals surface area (Å²) >= 11 is 0. The van der Waals surface area contributed by atoms with Gasteiger partial charge in [0.05, 0.1) is 6.07 Å². The van der Waals surface area contributed by atoms with Crippen molar-refractivity contribution in [3.8, 4) is 6.07 Å². The van der Waals surface area contributed by atoms with Crippen molar-refractivity contribution in [3.05, 3.63) is 29.6 Å². The van der Waals surface area contributed by atoms with Gasteiger partial charge >= 0.3 is 0 Å². The molecule has 0 saturated heterocycles. The molecule has 0 radical (unpaired) electrons. The Hall–Kier alpha value is -1.89. The van der Waals surface area contributed by atoms with E-state index in [0.717, 1.165) is 37.7 Å². The van der Waals surface area contributed by atoms with E-state index in [-0.39, 0.29) is 5.91 Å². The largest absolute Gasteiger partial charge is 0.332 e. The lowest BCUT2D eigenvalue weighted by Gasteiger charge is -2.35. The summed E-state index contributed by atoms with van der Waals surface area (Å²) in [5.74, 6) is 0.449. The molecule has 1 aromatic heterocycles. The summed E-state index contributed by atoms with van der Waals surface area (Å²) in [4.78, 5) is 16.4. The molecule has 0 unspecified atom stereocenters. The SMILES string of the molecule is CCC1CCC(C#N)(NC(=O)c2ncccc2C)CC1. The molecule has 1 aromatic rings. The maximum absolute atomic E-state index is 12.3. The fourth-order valence-electron chi connectivity index (χ4n) is 2.84. The number of aromatic nitrogens is 1. The molecule has 20 heavy (non-hydrogen) atoms. The summed E-state index contributed by atoms with van der Waals surface area (Å²) in [6, 6.07) is 5.98. The number of nitrogens with one attached hydrogen (secondary N) is 1. The Morgan fingerprint density at radius 1 is 1.55 bits per heavy atom. The van der Waals surface area contributed by atoms with Gasteiger partial charge in [0.2, 0.25) is 0 Å². The molecule has 1 amide bonds. The normalized spacial score (nSPS) is 25.8. The van der Waals surface area contributed by atoms with Crippen LogP contribution in [0.15, 0.2) is 18.3 Å². The standard InChI is InChI=1S/C16H21N3O/c1-3-13-6-8-16(11-17,9-7-13)19-15(20)14-12(2)5-4-10-18-14/h4-5,10,13H,3,6-9H2,1-2H3,(H,19,20). The first-order valence-corrected chi connectivity index (χ1v) is 7.25. The van der Waals surface area contributed by atoms with Crippen LogP contribution < -0.4 is 5.32 Å². The van der Waals surface area contributed by atoms with Crippen LogP contribution in [0.25, 0.3) is 0 Å². The molecule has 1 saturated carbocycles. The highest BCUT2D eigenvalue weighted by atomic mass is 16.2. The van der Waals surface area contributed by atoms with Gasteiger partial charge in [0.15, 0.2) is 0 Å². The van der Waals surface area contributed by atoms with E-state index in [1.165, 1.54) is 0 Å². The van der Waals surface area contributed by atoms with Crippen molar-refractivity contribution in [3.63, 3.8) is 0 Å². The van der Waals surface area contributed by atoms with Gasteiger partial charge in [0.25, 0.3) is 5.91 Å². The average molecular weight is 271 g/mol. The molecule has 4 nitrogen and oxygen atoms in total. The van der Waals surface area contributed by atoms with Crippen molar-refractivity contribution in [2.24, 2.45) is 5.92 Å². The molecule has 2 rings (SSSR count). The predicted octanol–water partition coefficient (Wildman–Crippen LogP) is 2.98. The zero-order chi connectivity index (χ0) is 14.6. The zero-order valence-corrected chi connectivity index (χ0v) is 12.1. The molecule has 106 valence electrons. The third-order valence-corrected chi connectivity index (χ3v) is 4.33. The number of nitrogens with zero attached hydrogens (tertiary/aromatic N) is 2. The maximum atomic E-state index is 12.3. The maximum Gasteiger partial charge on any atom is 0.271 e. The van der Waals surface area contributed by atoms with Crippen LogP contribution in [0.5, 0.6) is 0 Å². The number of carbonyl (C=O) groups excluding carboxylic acids is 1. The van der Waals surface area contributed by atoms with Gasteiger partial charge in [-0.25, -0.2) is 0 Å². The second-order valence-corrected chi connectivity index (χ2v) is 5.67. The number of carbonyl (C=O) groups is 1. The van der Waals surface area contributed by atoms with E-state index in [4.69, 9.17) is 0 Å². The number of amides is 1. The van der Waals surface area contributed by atoms with Crippen molar-refractivity contribution in [1.29, 1.82) is 5.26 Å². The fourth-order valence-corrected chi connectivity index (χ4v) is 2.84. The Labute approximate surface area is 120 Å². The number of nitriles is 1. The number of rotatable bonds is 3. The first-order valence-electron chi connectivity index (χ1n) is 7.25. The highest BCUT2D eigenvalue weighted by Crippen LogP contribution is 2.33. The van der Waals surface area contributed by atoms with Gasteiger partial charge in [-0.15, -0.1) is 0 Å². The summed E-state index contributed by atoms with van der Waals surface area (Å²) in [6.45, 7) is 4.04. The quantitative estimate of drug-likeness (QED) is 0.919. The van der Waals surface area contributed by atoms with Crippen LogP contribution in [0.1, 0.15) is 55.1 Å². The van der Waals surface area contributed by atoms with E-state index < -0.39 is 5.54 Å². The van der Waals surface area contributed by atoms with Gasteiger partial charge in [0, 0.05) is 6.20 Å². The Kier molecular flexibility index (Phi) is 4.39. The van der Waals surface area contributed by atoms with Crippen LogP contribution in [-0.4, -0.2) is 16.4 Å². The molecule has 0 aliphatic heterocycles.